The highest BCUT2D eigenvalue weighted by Crippen LogP contribution is 2.11. The summed E-state index contributed by atoms with van der Waals surface area (Å²) in [6, 6.07) is 0. The van der Waals surface area contributed by atoms with Crippen LogP contribution in [0.4, 0.5) is 0 Å². The van der Waals surface area contributed by atoms with Crippen LogP contribution in [0.2, 0.25) is 0 Å². The topological polar surface area (TPSA) is 52.9 Å². The molecule has 84 valence electrons. The molecule has 0 aromatic rings. The lowest BCUT2D eigenvalue weighted by Crippen LogP contribution is -2.50. The van der Waals surface area contributed by atoms with Crippen LogP contribution < -0.4 is 0 Å². The zero-order chi connectivity index (χ0) is 10.6. The van der Waals surface area contributed by atoms with E-state index in [1.165, 1.54) is 0 Å². The molecule has 0 radical (unpaired) electrons. The lowest BCUT2D eigenvalue weighted by Gasteiger charge is -2.36. The lowest BCUT2D eigenvalue weighted by atomic mass is 10.2. The molecule has 2 N–H and O–H groups in total. The van der Waals surface area contributed by atoms with Crippen LogP contribution in [-0.2, 0) is 4.74 Å². The first-order valence-electron chi connectivity index (χ1n) is 5.32. The summed E-state index contributed by atoms with van der Waals surface area (Å²) in [5, 5.41) is 18.5. The summed E-state index contributed by atoms with van der Waals surface area (Å²) in [4.78, 5) is 2.16. The van der Waals surface area contributed by atoms with E-state index < -0.39 is 0 Å². The average Bonchev–Trinajstić information content (AvgIpc) is 2.16. The molecule has 1 fully saturated rings. The van der Waals surface area contributed by atoms with Crippen LogP contribution in [0.15, 0.2) is 0 Å². The first kappa shape index (κ1) is 11.9. The minimum absolute atomic E-state index is 0.0586. The van der Waals surface area contributed by atoms with Crippen molar-refractivity contribution < 1.29 is 14.9 Å². The second-order valence-electron chi connectivity index (χ2n) is 4.03. The van der Waals surface area contributed by atoms with E-state index >= 15 is 0 Å². The van der Waals surface area contributed by atoms with Crippen LogP contribution in [0.3, 0.4) is 0 Å². The van der Waals surface area contributed by atoms with Crippen LogP contribution in [0.1, 0.15) is 20.3 Å². The predicted octanol–water partition coefficient (Wildman–Crippen LogP) is -0.161. The third-order valence-corrected chi connectivity index (χ3v) is 2.55. The number of rotatable bonds is 4. The van der Waals surface area contributed by atoms with Gasteiger partial charge in [-0.1, -0.05) is 6.92 Å². The van der Waals surface area contributed by atoms with E-state index in [0.29, 0.717) is 6.54 Å². The van der Waals surface area contributed by atoms with Gasteiger partial charge in [-0.2, -0.15) is 0 Å². The van der Waals surface area contributed by atoms with Gasteiger partial charge >= 0.3 is 0 Å². The first-order chi connectivity index (χ1) is 6.65. The zero-order valence-corrected chi connectivity index (χ0v) is 9.02. The number of aliphatic hydroxyl groups is 2. The molecule has 0 amide bonds. The summed E-state index contributed by atoms with van der Waals surface area (Å²) in [6.07, 6.45) is 0.558. The summed E-state index contributed by atoms with van der Waals surface area (Å²) in [5.74, 6) is 0. The molecule has 0 bridgehead atoms. The van der Waals surface area contributed by atoms with Gasteiger partial charge in [0.2, 0.25) is 0 Å². The Hall–Kier alpha value is -0.160. The molecule has 1 aliphatic heterocycles. The number of hydrogen-bond donors (Lipinski definition) is 2. The van der Waals surface area contributed by atoms with Gasteiger partial charge in [0, 0.05) is 19.6 Å². The molecule has 0 aromatic carbocycles. The Morgan fingerprint density at radius 2 is 2.21 bits per heavy atom. The van der Waals surface area contributed by atoms with Gasteiger partial charge in [-0.25, -0.2) is 0 Å². The van der Waals surface area contributed by atoms with Gasteiger partial charge in [-0.3, -0.25) is 4.90 Å². The first-order valence-corrected chi connectivity index (χ1v) is 5.32. The molecular formula is C10H21NO3. The van der Waals surface area contributed by atoms with E-state index in [1.54, 1.807) is 0 Å². The maximum absolute atomic E-state index is 9.51. The van der Waals surface area contributed by atoms with Crippen LogP contribution in [0.25, 0.3) is 0 Å². The molecule has 1 aliphatic rings. The van der Waals surface area contributed by atoms with Gasteiger partial charge in [-0.05, 0) is 13.3 Å². The minimum atomic E-state index is -0.264. The fourth-order valence-electron chi connectivity index (χ4n) is 1.82. The molecular weight excluding hydrogens is 182 g/mol. The summed E-state index contributed by atoms with van der Waals surface area (Å²) < 4.78 is 5.51. The van der Waals surface area contributed by atoms with Gasteiger partial charge in [0.1, 0.15) is 0 Å². The normalized spacial score (nSPS) is 31.7. The third-order valence-electron chi connectivity index (χ3n) is 2.55. The van der Waals surface area contributed by atoms with Gasteiger partial charge in [0.25, 0.3) is 0 Å². The molecule has 3 unspecified atom stereocenters. The van der Waals surface area contributed by atoms with Gasteiger partial charge in [0.05, 0.1) is 24.9 Å². The SMILES string of the molecule is CCC(O)CN1CC(C)OC(CO)C1. The summed E-state index contributed by atoms with van der Waals surface area (Å²) in [7, 11) is 0. The number of hydrogen-bond acceptors (Lipinski definition) is 4. The monoisotopic (exact) mass is 203 g/mol. The zero-order valence-electron chi connectivity index (χ0n) is 9.02. The highest BCUT2D eigenvalue weighted by molar-refractivity contribution is 4.76. The molecule has 4 nitrogen and oxygen atoms in total. The van der Waals surface area contributed by atoms with E-state index in [9.17, 15) is 5.11 Å². The number of nitrogens with zero attached hydrogens (tertiary/aromatic N) is 1. The smallest absolute Gasteiger partial charge is 0.0936 e. The molecule has 1 saturated heterocycles. The van der Waals surface area contributed by atoms with Gasteiger partial charge in [-0.15, -0.1) is 0 Å². The van der Waals surface area contributed by atoms with E-state index in [2.05, 4.69) is 4.90 Å². The molecule has 1 heterocycles. The van der Waals surface area contributed by atoms with E-state index in [-0.39, 0.29) is 24.9 Å². The Kier molecular flexibility index (Phi) is 4.81. The predicted molar refractivity (Wildman–Crippen MR) is 54.2 cm³/mol. The molecule has 14 heavy (non-hydrogen) atoms. The van der Waals surface area contributed by atoms with Gasteiger partial charge in [0.15, 0.2) is 0 Å². The average molecular weight is 203 g/mol. The lowest BCUT2D eigenvalue weighted by molar-refractivity contribution is -0.101. The van der Waals surface area contributed by atoms with E-state index in [0.717, 1.165) is 19.5 Å². The minimum Gasteiger partial charge on any atom is -0.394 e. The van der Waals surface area contributed by atoms with Crippen LogP contribution in [0.5, 0.6) is 0 Å². The Labute approximate surface area is 85.5 Å². The van der Waals surface area contributed by atoms with Gasteiger partial charge < -0.3 is 14.9 Å². The summed E-state index contributed by atoms with van der Waals surface area (Å²) in [6.45, 7) is 6.26. The van der Waals surface area contributed by atoms with Crippen molar-refractivity contribution in [1.29, 1.82) is 0 Å². The number of aliphatic hydroxyl groups excluding tert-OH is 2. The fraction of sp³-hybridized carbons (Fsp3) is 1.00. The number of β-amino-alcohol motifs (C(OH)–C–C–N with tert-alkyl or cyclic N) is 1. The van der Waals surface area contributed by atoms with E-state index in [4.69, 9.17) is 9.84 Å². The van der Waals surface area contributed by atoms with Crippen molar-refractivity contribution in [2.75, 3.05) is 26.2 Å². The Bertz CT molecular complexity index is 163. The molecule has 3 atom stereocenters. The van der Waals surface area contributed by atoms with Crippen LogP contribution >= 0.6 is 0 Å². The van der Waals surface area contributed by atoms with Crippen molar-refractivity contribution in [1.82, 2.24) is 4.90 Å². The fourth-order valence-corrected chi connectivity index (χ4v) is 1.82. The Morgan fingerprint density at radius 3 is 2.79 bits per heavy atom. The van der Waals surface area contributed by atoms with E-state index in [1.807, 2.05) is 13.8 Å². The molecule has 0 aliphatic carbocycles. The number of ether oxygens (including phenoxy) is 1. The van der Waals surface area contributed by atoms with Crippen LogP contribution in [-0.4, -0.2) is 59.7 Å². The van der Waals surface area contributed by atoms with Crippen molar-refractivity contribution in [3.63, 3.8) is 0 Å². The third kappa shape index (κ3) is 3.53. The van der Waals surface area contributed by atoms with Crippen molar-refractivity contribution >= 4 is 0 Å². The maximum Gasteiger partial charge on any atom is 0.0936 e. The van der Waals surface area contributed by atoms with Crippen molar-refractivity contribution in [3.8, 4) is 0 Å². The van der Waals surface area contributed by atoms with Crippen LogP contribution in [0, 0.1) is 0 Å². The summed E-state index contributed by atoms with van der Waals surface area (Å²) >= 11 is 0. The molecule has 0 saturated carbocycles. The Balaban J connectivity index is 2.37. The molecule has 1 rings (SSSR count). The second kappa shape index (κ2) is 5.66. The molecule has 0 aromatic heterocycles. The highest BCUT2D eigenvalue weighted by atomic mass is 16.5. The standard InChI is InChI=1S/C10H21NO3/c1-3-9(13)5-11-4-8(2)14-10(6-11)7-12/h8-10,12-13H,3-7H2,1-2H3. The van der Waals surface area contributed by atoms with Crippen molar-refractivity contribution in [2.24, 2.45) is 0 Å². The summed E-state index contributed by atoms with van der Waals surface area (Å²) in [5.41, 5.74) is 0. The maximum atomic E-state index is 9.51. The van der Waals surface area contributed by atoms with Crippen molar-refractivity contribution in [3.05, 3.63) is 0 Å². The second-order valence-corrected chi connectivity index (χ2v) is 4.03. The Morgan fingerprint density at radius 1 is 1.50 bits per heavy atom. The largest absolute Gasteiger partial charge is 0.394 e. The number of morpholine rings is 1. The highest BCUT2D eigenvalue weighted by Gasteiger charge is 2.25. The molecule has 0 spiro atoms. The molecule has 4 heteroatoms. The quantitative estimate of drug-likeness (QED) is 0.666. The van der Waals surface area contributed by atoms with Crippen molar-refractivity contribution in [2.45, 2.75) is 38.6 Å².